The predicted molar refractivity (Wildman–Crippen MR) is 58.4 cm³/mol. The lowest BCUT2D eigenvalue weighted by atomic mass is 9.96. The average molecular weight is 191 g/mol. The Kier molecular flexibility index (Phi) is 2.99. The summed E-state index contributed by atoms with van der Waals surface area (Å²) in [4.78, 5) is 4.58. The van der Waals surface area contributed by atoms with Gasteiger partial charge in [-0.25, -0.2) is 4.98 Å². The van der Waals surface area contributed by atoms with Crippen molar-refractivity contribution in [2.75, 3.05) is 18.4 Å². The summed E-state index contributed by atoms with van der Waals surface area (Å²) in [7, 11) is 0. The fourth-order valence-corrected chi connectivity index (χ4v) is 1.88. The molecule has 0 saturated carbocycles. The van der Waals surface area contributed by atoms with Crippen LogP contribution in [0, 0.1) is 0 Å². The normalized spacial score (nSPS) is 14.9. The molecule has 1 aromatic heterocycles. The molecule has 0 radical (unpaired) electrons. The monoisotopic (exact) mass is 191 g/mol. The van der Waals surface area contributed by atoms with E-state index in [1.807, 2.05) is 0 Å². The molecule has 0 atom stereocenters. The topological polar surface area (TPSA) is 50.9 Å². The van der Waals surface area contributed by atoms with Crippen LogP contribution >= 0.6 is 0 Å². The second kappa shape index (κ2) is 4.42. The Labute approximate surface area is 84.7 Å². The Bertz CT molecular complexity index is 309. The molecule has 0 amide bonds. The maximum atomic E-state index is 5.42. The minimum Gasteiger partial charge on any atom is -0.369 e. The first-order valence-corrected chi connectivity index (χ1v) is 5.33. The van der Waals surface area contributed by atoms with Gasteiger partial charge in [-0.1, -0.05) is 6.07 Å². The van der Waals surface area contributed by atoms with Gasteiger partial charge >= 0.3 is 0 Å². The van der Waals surface area contributed by atoms with E-state index in [4.69, 9.17) is 5.73 Å². The third-order valence-corrected chi connectivity index (χ3v) is 2.63. The van der Waals surface area contributed by atoms with Gasteiger partial charge in [0, 0.05) is 18.8 Å². The van der Waals surface area contributed by atoms with Gasteiger partial charge in [0.15, 0.2) is 0 Å². The van der Waals surface area contributed by atoms with Gasteiger partial charge in [0.1, 0.15) is 5.82 Å². The molecule has 1 heterocycles. The third kappa shape index (κ3) is 2.04. The number of nitrogens with one attached hydrogen (secondary N) is 1. The van der Waals surface area contributed by atoms with Gasteiger partial charge in [-0.05, 0) is 37.3 Å². The number of nitrogens with zero attached hydrogens (tertiary/aromatic N) is 1. The van der Waals surface area contributed by atoms with Crippen LogP contribution in [0.1, 0.15) is 24.1 Å². The van der Waals surface area contributed by atoms with Crippen molar-refractivity contribution < 1.29 is 0 Å². The van der Waals surface area contributed by atoms with E-state index < -0.39 is 0 Å². The number of aromatic nitrogens is 1. The summed E-state index contributed by atoms with van der Waals surface area (Å²) in [6.07, 6.45) is 4.91. The summed E-state index contributed by atoms with van der Waals surface area (Å²) in [6, 6.07) is 4.25. The zero-order valence-corrected chi connectivity index (χ0v) is 8.42. The molecule has 0 unspecified atom stereocenters. The predicted octanol–water partition coefficient (Wildman–Crippen LogP) is 1.33. The van der Waals surface area contributed by atoms with E-state index >= 15 is 0 Å². The molecule has 76 valence electrons. The maximum absolute atomic E-state index is 5.42. The molecule has 14 heavy (non-hydrogen) atoms. The molecular weight excluding hydrogens is 174 g/mol. The molecular formula is C11H17N3. The summed E-state index contributed by atoms with van der Waals surface area (Å²) in [5, 5.41) is 3.21. The highest BCUT2D eigenvalue weighted by molar-refractivity contribution is 5.39. The molecule has 0 aliphatic heterocycles. The molecule has 3 nitrogen and oxygen atoms in total. The van der Waals surface area contributed by atoms with Gasteiger partial charge in [0.05, 0.1) is 0 Å². The molecule has 2 rings (SSSR count). The Morgan fingerprint density at radius 2 is 2.14 bits per heavy atom. The van der Waals surface area contributed by atoms with Crippen LogP contribution in [-0.4, -0.2) is 18.1 Å². The Morgan fingerprint density at radius 1 is 1.29 bits per heavy atom. The summed E-state index contributed by atoms with van der Waals surface area (Å²) in [5.74, 6) is 0.969. The van der Waals surface area contributed by atoms with Crippen LogP contribution in [0.4, 0.5) is 5.82 Å². The first-order chi connectivity index (χ1) is 6.90. The molecule has 0 spiro atoms. The van der Waals surface area contributed by atoms with Gasteiger partial charge in [0.2, 0.25) is 0 Å². The number of rotatable bonds is 3. The lowest BCUT2D eigenvalue weighted by Crippen LogP contribution is -2.15. The highest BCUT2D eigenvalue weighted by atomic mass is 15.0. The van der Waals surface area contributed by atoms with Crippen LogP contribution in [0.15, 0.2) is 12.1 Å². The SMILES string of the molecule is NCCNc1ccc2c(n1)CCCC2. The molecule has 1 aliphatic rings. The third-order valence-electron chi connectivity index (χ3n) is 2.63. The van der Waals surface area contributed by atoms with E-state index in [0.29, 0.717) is 6.54 Å². The van der Waals surface area contributed by atoms with Gasteiger partial charge in [-0.15, -0.1) is 0 Å². The number of hydrogen-bond acceptors (Lipinski definition) is 3. The molecule has 0 aromatic carbocycles. The van der Waals surface area contributed by atoms with Crippen molar-refractivity contribution in [1.29, 1.82) is 0 Å². The van der Waals surface area contributed by atoms with Crippen LogP contribution in [0.2, 0.25) is 0 Å². The van der Waals surface area contributed by atoms with Crippen LogP contribution in [0.5, 0.6) is 0 Å². The Hall–Kier alpha value is -1.09. The lowest BCUT2D eigenvalue weighted by molar-refractivity contribution is 0.668. The highest BCUT2D eigenvalue weighted by Gasteiger charge is 2.10. The minimum absolute atomic E-state index is 0.652. The zero-order chi connectivity index (χ0) is 9.80. The van der Waals surface area contributed by atoms with Crippen LogP contribution in [0.3, 0.4) is 0 Å². The molecule has 3 heteroatoms. The zero-order valence-electron chi connectivity index (χ0n) is 8.42. The number of aryl methyl sites for hydroxylation is 2. The van der Waals surface area contributed by atoms with Crippen molar-refractivity contribution in [2.24, 2.45) is 5.73 Å². The lowest BCUT2D eigenvalue weighted by Gasteiger charge is -2.15. The largest absolute Gasteiger partial charge is 0.369 e. The second-order valence-electron chi connectivity index (χ2n) is 3.72. The van der Waals surface area contributed by atoms with E-state index in [1.165, 1.54) is 30.5 Å². The minimum atomic E-state index is 0.652. The summed E-state index contributed by atoms with van der Waals surface area (Å²) >= 11 is 0. The number of anilines is 1. The van der Waals surface area contributed by atoms with Gasteiger partial charge in [0.25, 0.3) is 0 Å². The first-order valence-electron chi connectivity index (χ1n) is 5.33. The number of pyridine rings is 1. The van der Waals surface area contributed by atoms with Crippen LogP contribution in [-0.2, 0) is 12.8 Å². The smallest absolute Gasteiger partial charge is 0.126 e. The second-order valence-corrected chi connectivity index (χ2v) is 3.72. The fraction of sp³-hybridized carbons (Fsp3) is 0.545. The van der Waals surface area contributed by atoms with E-state index in [-0.39, 0.29) is 0 Å². The molecule has 1 aromatic rings. The van der Waals surface area contributed by atoms with Crippen LogP contribution in [0.25, 0.3) is 0 Å². The fourth-order valence-electron chi connectivity index (χ4n) is 1.88. The average Bonchev–Trinajstić information content (AvgIpc) is 2.26. The maximum Gasteiger partial charge on any atom is 0.126 e. The van der Waals surface area contributed by atoms with Gasteiger partial charge in [-0.2, -0.15) is 0 Å². The number of fused-ring (bicyclic) bond motifs is 1. The Balaban J connectivity index is 2.12. The van der Waals surface area contributed by atoms with Crippen molar-refractivity contribution >= 4 is 5.82 Å². The highest BCUT2D eigenvalue weighted by Crippen LogP contribution is 2.20. The van der Waals surface area contributed by atoms with Crippen molar-refractivity contribution in [3.05, 3.63) is 23.4 Å². The van der Waals surface area contributed by atoms with E-state index in [2.05, 4.69) is 22.4 Å². The van der Waals surface area contributed by atoms with Gasteiger partial charge in [-0.3, -0.25) is 0 Å². The van der Waals surface area contributed by atoms with Crippen molar-refractivity contribution in [3.8, 4) is 0 Å². The summed E-state index contributed by atoms with van der Waals surface area (Å²) < 4.78 is 0. The molecule has 1 aliphatic carbocycles. The molecule has 0 saturated heterocycles. The van der Waals surface area contributed by atoms with E-state index in [9.17, 15) is 0 Å². The van der Waals surface area contributed by atoms with Crippen molar-refractivity contribution in [3.63, 3.8) is 0 Å². The molecule has 3 N–H and O–H groups in total. The van der Waals surface area contributed by atoms with E-state index in [1.54, 1.807) is 0 Å². The molecule has 0 bridgehead atoms. The standard InChI is InChI=1S/C11H17N3/c12-7-8-13-11-6-5-9-3-1-2-4-10(9)14-11/h5-6H,1-4,7-8,12H2,(H,13,14). The number of nitrogens with two attached hydrogens (primary N) is 1. The number of hydrogen-bond donors (Lipinski definition) is 2. The Morgan fingerprint density at radius 3 is 3.00 bits per heavy atom. The quantitative estimate of drug-likeness (QED) is 0.758. The van der Waals surface area contributed by atoms with Crippen molar-refractivity contribution in [2.45, 2.75) is 25.7 Å². The summed E-state index contributed by atoms with van der Waals surface area (Å²) in [5.41, 5.74) is 8.13. The first kappa shape index (κ1) is 9.46. The van der Waals surface area contributed by atoms with E-state index in [0.717, 1.165) is 18.8 Å². The van der Waals surface area contributed by atoms with Gasteiger partial charge < -0.3 is 11.1 Å². The molecule has 0 fully saturated rings. The summed E-state index contributed by atoms with van der Waals surface area (Å²) in [6.45, 7) is 1.45. The van der Waals surface area contributed by atoms with Crippen LogP contribution < -0.4 is 11.1 Å². The van der Waals surface area contributed by atoms with Crippen molar-refractivity contribution in [1.82, 2.24) is 4.98 Å².